The number of hydrogen-bond donors (Lipinski definition) is 1. The molecule has 1 aliphatic carbocycles. The van der Waals surface area contributed by atoms with Crippen molar-refractivity contribution in [3.63, 3.8) is 0 Å². The highest BCUT2D eigenvalue weighted by Crippen LogP contribution is 2.40. The molecular weight excluding hydrogens is 266 g/mol. The van der Waals surface area contributed by atoms with Gasteiger partial charge in [0.05, 0.1) is 0 Å². The van der Waals surface area contributed by atoms with Crippen molar-refractivity contribution in [2.45, 2.75) is 58.4 Å². The second-order valence-corrected chi connectivity index (χ2v) is 7.91. The Labute approximate surface area is 129 Å². The van der Waals surface area contributed by atoms with Crippen LogP contribution in [-0.4, -0.2) is 12.1 Å². The van der Waals surface area contributed by atoms with E-state index in [9.17, 15) is 0 Å². The predicted molar refractivity (Wildman–Crippen MR) is 88.5 cm³/mol. The van der Waals surface area contributed by atoms with Gasteiger partial charge in [0.15, 0.2) is 0 Å². The van der Waals surface area contributed by atoms with Crippen molar-refractivity contribution in [2.24, 2.45) is 11.8 Å². The summed E-state index contributed by atoms with van der Waals surface area (Å²) < 4.78 is 0. The number of benzene rings is 1. The van der Waals surface area contributed by atoms with Gasteiger partial charge in [0.25, 0.3) is 0 Å². The second kappa shape index (κ2) is 6.49. The molecule has 0 bridgehead atoms. The van der Waals surface area contributed by atoms with E-state index in [2.05, 4.69) is 51.2 Å². The molecule has 3 unspecified atom stereocenters. The average Bonchev–Trinajstić information content (AvgIpc) is 2.36. The van der Waals surface area contributed by atoms with E-state index in [1.807, 2.05) is 6.07 Å². The van der Waals surface area contributed by atoms with E-state index in [0.717, 1.165) is 23.4 Å². The summed E-state index contributed by atoms with van der Waals surface area (Å²) in [6.07, 6.45) is 3.96. The summed E-state index contributed by atoms with van der Waals surface area (Å²) in [7, 11) is 0. The van der Waals surface area contributed by atoms with E-state index in [4.69, 9.17) is 11.6 Å². The highest BCUT2D eigenvalue weighted by Gasteiger charge is 2.30. The van der Waals surface area contributed by atoms with Crippen LogP contribution in [0.15, 0.2) is 24.3 Å². The Morgan fingerprint density at radius 3 is 2.65 bits per heavy atom. The summed E-state index contributed by atoms with van der Waals surface area (Å²) in [5.41, 5.74) is 1.62. The molecule has 0 aromatic heterocycles. The van der Waals surface area contributed by atoms with Crippen LogP contribution in [0.25, 0.3) is 0 Å². The number of halogens is 1. The first kappa shape index (κ1) is 15.9. The van der Waals surface area contributed by atoms with Gasteiger partial charge in [-0.2, -0.15) is 0 Å². The summed E-state index contributed by atoms with van der Waals surface area (Å²) in [5, 5.41) is 4.55. The molecule has 1 aromatic rings. The van der Waals surface area contributed by atoms with Crippen molar-refractivity contribution in [1.82, 2.24) is 5.32 Å². The summed E-state index contributed by atoms with van der Waals surface area (Å²) in [5.74, 6) is 2.20. The quantitative estimate of drug-likeness (QED) is 0.803. The molecule has 1 fully saturated rings. The maximum atomic E-state index is 6.18. The van der Waals surface area contributed by atoms with E-state index in [-0.39, 0.29) is 5.54 Å². The molecule has 1 aliphatic rings. The minimum Gasteiger partial charge on any atom is -0.312 e. The van der Waals surface area contributed by atoms with Crippen LogP contribution >= 0.6 is 11.6 Å². The zero-order valence-corrected chi connectivity index (χ0v) is 14.0. The highest BCUT2D eigenvalue weighted by molar-refractivity contribution is 6.30. The average molecular weight is 294 g/mol. The minimum absolute atomic E-state index is 0.196. The summed E-state index contributed by atoms with van der Waals surface area (Å²) in [6.45, 7) is 10.2. The van der Waals surface area contributed by atoms with E-state index in [0.29, 0.717) is 5.92 Å². The molecule has 112 valence electrons. The molecule has 20 heavy (non-hydrogen) atoms. The maximum Gasteiger partial charge on any atom is 0.0408 e. The first-order valence-corrected chi connectivity index (χ1v) is 8.23. The van der Waals surface area contributed by atoms with Crippen LogP contribution in [-0.2, 0) is 0 Å². The normalized spacial score (nSPS) is 27.6. The molecule has 1 saturated carbocycles. The van der Waals surface area contributed by atoms with Crippen molar-refractivity contribution in [3.8, 4) is 0 Å². The molecule has 0 aliphatic heterocycles. The second-order valence-electron chi connectivity index (χ2n) is 7.47. The minimum atomic E-state index is 0.196. The third-order valence-electron chi connectivity index (χ3n) is 4.43. The van der Waals surface area contributed by atoms with E-state index in [1.54, 1.807) is 0 Å². The fourth-order valence-corrected chi connectivity index (χ4v) is 3.47. The first-order valence-electron chi connectivity index (χ1n) is 7.85. The maximum absolute atomic E-state index is 6.18. The van der Waals surface area contributed by atoms with Crippen molar-refractivity contribution >= 4 is 11.6 Å². The molecule has 0 saturated heterocycles. The molecule has 1 N–H and O–H groups in total. The van der Waals surface area contributed by atoms with Crippen LogP contribution < -0.4 is 5.32 Å². The summed E-state index contributed by atoms with van der Waals surface area (Å²) >= 11 is 6.18. The van der Waals surface area contributed by atoms with Gasteiger partial charge in [0, 0.05) is 10.6 Å². The highest BCUT2D eigenvalue weighted by atomic mass is 35.5. The molecule has 0 spiro atoms. The number of rotatable bonds is 3. The molecule has 0 amide bonds. The standard InChI is InChI=1S/C18H28ClN/c1-13-8-9-15(12-20-18(2,3)4)17(10-13)14-6-5-7-16(19)11-14/h5-7,11,13,15,17,20H,8-10,12H2,1-4H3. The van der Waals surface area contributed by atoms with Crippen LogP contribution in [0.1, 0.15) is 58.4 Å². The van der Waals surface area contributed by atoms with Crippen LogP contribution in [0, 0.1) is 11.8 Å². The Balaban J connectivity index is 2.12. The predicted octanol–water partition coefficient (Wildman–Crippen LogP) is 5.25. The third-order valence-corrected chi connectivity index (χ3v) is 4.66. The zero-order valence-electron chi connectivity index (χ0n) is 13.2. The van der Waals surface area contributed by atoms with Crippen molar-refractivity contribution in [2.75, 3.05) is 6.54 Å². The fraction of sp³-hybridized carbons (Fsp3) is 0.667. The Morgan fingerprint density at radius 2 is 2.00 bits per heavy atom. The molecule has 1 nitrogen and oxygen atoms in total. The van der Waals surface area contributed by atoms with Crippen LogP contribution in [0.2, 0.25) is 5.02 Å². The molecule has 2 heteroatoms. The SMILES string of the molecule is CC1CCC(CNC(C)(C)C)C(c2cccc(Cl)c2)C1. The van der Waals surface area contributed by atoms with Gasteiger partial charge in [-0.25, -0.2) is 0 Å². The lowest BCUT2D eigenvalue weighted by Crippen LogP contribution is -2.41. The van der Waals surface area contributed by atoms with Gasteiger partial charge in [-0.15, -0.1) is 0 Å². The fourth-order valence-electron chi connectivity index (χ4n) is 3.27. The Bertz CT molecular complexity index is 435. The van der Waals surface area contributed by atoms with E-state index >= 15 is 0 Å². The smallest absolute Gasteiger partial charge is 0.0408 e. The van der Waals surface area contributed by atoms with Crippen molar-refractivity contribution < 1.29 is 0 Å². The van der Waals surface area contributed by atoms with Gasteiger partial charge in [0.1, 0.15) is 0 Å². The number of nitrogens with one attached hydrogen (secondary N) is 1. The lowest BCUT2D eigenvalue weighted by molar-refractivity contribution is 0.227. The van der Waals surface area contributed by atoms with Crippen molar-refractivity contribution in [3.05, 3.63) is 34.9 Å². The number of hydrogen-bond acceptors (Lipinski definition) is 1. The monoisotopic (exact) mass is 293 g/mol. The van der Waals surface area contributed by atoms with Crippen molar-refractivity contribution in [1.29, 1.82) is 0 Å². The zero-order chi connectivity index (χ0) is 14.8. The molecule has 2 rings (SSSR count). The lowest BCUT2D eigenvalue weighted by Gasteiger charge is -2.37. The van der Waals surface area contributed by atoms with Gasteiger partial charge < -0.3 is 5.32 Å². The van der Waals surface area contributed by atoms with Gasteiger partial charge in [-0.05, 0) is 75.6 Å². The molecule has 0 radical (unpaired) electrons. The van der Waals surface area contributed by atoms with Crippen LogP contribution in [0.4, 0.5) is 0 Å². The van der Waals surface area contributed by atoms with E-state index in [1.165, 1.54) is 24.8 Å². The molecule has 3 atom stereocenters. The molecule has 1 aromatic carbocycles. The van der Waals surface area contributed by atoms with Gasteiger partial charge >= 0.3 is 0 Å². The third kappa shape index (κ3) is 4.49. The topological polar surface area (TPSA) is 12.0 Å². The lowest BCUT2D eigenvalue weighted by atomic mass is 9.71. The van der Waals surface area contributed by atoms with Crippen LogP contribution in [0.5, 0.6) is 0 Å². The summed E-state index contributed by atoms with van der Waals surface area (Å²) in [6, 6.07) is 8.47. The van der Waals surface area contributed by atoms with Crippen LogP contribution in [0.3, 0.4) is 0 Å². The first-order chi connectivity index (χ1) is 9.35. The van der Waals surface area contributed by atoms with Gasteiger partial charge in [-0.3, -0.25) is 0 Å². The molecule has 0 heterocycles. The summed E-state index contributed by atoms with van der Waals surface area (Å²) in [4.78, 5) is 0. The Kier molecular flexibility index (Phi) is 5.14. The van der Waals surface area contributed by atoms with Gasteiger partial charge in [0.2, 0.25) is 0 Å². The largest absolute Gasteiger partial charge is 0.312 e. The van der Waals surface area contributed by atoms with Gasteiger partial charge in [-0.1, -0.05) is 37.1 Å². The molecular formula is C18H28ClN. The Hall–Kier alpha value is -0.530. The van der Waals surface area contributed by atoms with E-state index < -0.39 is 0 Å². The Morgan fingerprint density at radius 1 is 1.25 bits per heavy atom.